The minimum atomic E-state index is -3.70. The number of hydrogen-bond acceptors (Lipinski definition) is 5. The van der Waals surface area contributed by atoms with Crippen LogP contribution in [0.3, 0.4) is 0 Å². The van der Waals surface area contributed by atoms with Crippen molar-refractivity contribution in [2.75, 3.05) is 46.6 Å². The van der Waals surface area contributed by atoms with Crippen LogP contribution in [0.2, 0.25) is 0 Å². The van der Waals surface area contributed by atoms with Crippen LogP contribution in [0.5, 0.6) is 0 Å². The minimum Gasteiger partial charge on any atom is -0.457 e. The molecule has 0 bridgehead atoms. The van der Waals surface area contributed by atoms with E-state index in [9.17, 15) is 14.3 Å². The largest absolute Gasteiger partial charge is 0.457 e. The second-order valence-corrected chi connectivity index (χ2v) is 11.7. The molecule has 0 aromatic carbocycles. The maximum atomic E-state index is 12.1. The summed E-state index contributed by atoms with van der Waals surface area (Å²) in [5, 5.41) is 0. The van der Waals surface area contributed by atoms with Gasteiger partial charge in [-0.15, -0.1) is 0 Å². The third kappa shape index (κ3) is 23.3. The van der Waals surface area contributed by atoms with Crippen LogP contribution in [0.4, 0.5) is 0 Å². The number of nitrogens with one attached hydrogen (secondary N) is 1. The molecule has 0 spiro atoms. The van der Waals surface area contributed by atoms with E-state index in [0.717, 1.165) is 17.7 Å². The Morgan fingerprint density at radius 2 is 1.32 bits per heavy atom. The van der Waals surface area contributed by atoms with Gasteiger partial charge in [-0.05, 0) is 6.42 Å². The van der Waals surface area contributed by atoms with Gasteiger partial charge in [0, 0.05) is 13.0 Å². The van der Waals surface area contributed by atoms with E-state index in [1.807, 2.05) is 14.1 Å². The Morgan fingerprint density at radius 1 is 0.824 bits per heavy atom. The van der Waals surface area contributed by atoms with Crippen LogP contribution < -0.4 is 4.90 Å². The van der Waals surface area contributed by atoms with Crippen LogP contribution in [-0.4, -0.2) is 63.6 Å². The number of quaternary nitrogens is 1. The number of esters is 1. The van der Waals surface area contributed by atoms with Crippen molar-refractivity contribution < 1.29 is 33.2 Å². The maximum absolute atomic E-state index is 12.1. The highest BCUT2D eigenvalue weighted by Crippen LogP contribution is 2.41. The average molecular weight is 509 g/mol. The third-order valence-electron chi connectivity index (χ3n) is 5.89. The van der Waals surface area contributed by atoms with Crippen molar-refractivity contribution in [1.29, 1.82) is 0 Å². The van der Waals surface area contributed by atoms with E-state index in [1.165, 1.54) is 77.0 Å². The molecule has 0 saturated carbocycles. The Labute approximate surface area is 209 Å². The number of unbranched alkanes of at least 4 members (excludes halogenated alkanes) is 13. The molecule has 7 nitrogen and oxygen atoms in total. The Balaban J connectivity index is 3.79. The monoisotopic (exact) mass is 508 g/mol. The summed E-state index contributed by atoms with van der Waals surface area (Å²) in [5.74, 6) is -0.362. The molecule has 2 N–H and O–H groups in total. The molecule has 0 fully saturated rings. The topological polar surface area (TPSA) is 86.5 Å². The van der Waals surface area contributed by atoms with Crippen LogP contribution in [-0.2, 0) is 23.4 Å². The maximum Gasteiger partial charge on any atom is 0.333 e. The molecule has 34 heavy (non-hydrogen) atoms. The summed E-state index contributed by atoms with van der Waals surface area (Å²) in [6.07, 6.45) is 18.0. The van der Waals surface area contributed by atoms with Gasteiger partial charge in [0.2, 0.25) is 0 Å². The quantitative estimate of drug-likeness (QED) is 0.101. The first-order chi connectivity index (χ1) is 16.3. The first-order valence-corrected chi connectivity index (χ1v) is 15.6. The van der Waals surface area contributed by atoms with Gasteiger partial charge in [0.15, 0.2) is 0 Å². The molecule has 0 rings (SSSR count). The molecule has 204 valence electrons. The van der Waals surface area contributed by atoms with E-state index in [2.05, 4.69) is 6.92 Å². The molecule has 0 heterocycles. The van der Waals surface area contributed by atoms with E-state index in [1.54, 1.807) is 6.92 Å². The molecule has 0 aromatic rings. The van der Waals surface area contributed by atoms with Crippen molar-refractivity contribution in [3.05, 3.63) is 0 Å². The van der Waals surface area contributed by atoms with Gasteiger partial charge in [0.1, 0.15) is 6.10 Å². The highest BCUT2D eigenvalue weighted by Gasteiger charge is 2.24. The van der Waals surface area contributed by atoms with Crippen molar-refractivity contribution >= 4 is 13.6 Å². The molecular formula is C26H55NO6P+. The number of hydrogen-bond donors (Lipinski definition) is 2. The van der Waals surface area contributed by atoms with Gasteiger partial charge in [-0.2, -0.15) is 0 Å². The zero-order chi connectivity index (χ0) is 25.5. The molecule has 0 amide bonds. The number of rotatable bonds is 25. The summed E-state index contributed by atoms with van der Waals surface area (Å²) < 4.78 is 28.3. The molecule has 0 saturated heterocycles. The lowest BCUT2D eigenvalue weighted by atomic mass is 10.0. The standard InChI is InChI=1S/C26H54NO6P/c1-5-7-8-9-10-11-12-13-14-15-16-17-18-19-21-31-23-25(33-26(28)6-2)24-32-34(29,30)22-20-27(3)4/h25H,5-24H2,1-4H3,(H,29,30)/p+1. The first kappa shape index (κ1) is 33.5. The normalized spacial score (nSPS) is 14.3. The predicted molar refractivity (Wildman–Crippen MR) is 140 cm³/mol. The van der Waals surface area contributed by atoms with Gasteiger partial charge in [0.25, 0.3) is 0 Å². The smallest absolute Gasteiger partial charge is 0.333 e. The number of carbonyl (C=O) groups is 1. The van der Waals surface area contributed by atoms with Gasteiger partial charge in [-0.3, -0.25) is 9.36 Å². The number of ether oxygens (including phenoxy) is 2. The van der Waals surface area contributed by atoms with E-state index >= 15 is 0 Å². The van der Waals surface area contributed by atoms with E-state index in [-0.39, 0.29) is 31.8 Å². The summed E-state index contributed by atoms with van der Waals surface area (Å²) >= 11 is 0. The molecule has 2 atom stereocenters. The summed E-state index contributed by atoms with van der Waals surface area (Å²) in [5.41, 5.74) is 0. The Bertz CT molecular complexity index is 518. The lowest BCUT2D eigenvalue weighted by molar-refractivity contribution is -0.855. The third-order valence-corrected chi connectivity index (χ3v) is 7.23. The van der Waals surface area contributed by atoms with Crippen molar-refractivity contribution in [3.63, 3.8) is 0 Å². The van der Waals surface area contributed by atoms with Gasteiger partial charge < -0.3 is 23.8 Å². The Kier molecular flexibility index (Phi) is 22.7. The van der Waals surface area contributed by atoms with Crippen LogP contribution >= 0.6 is 7.60 Å². The highest BCUT2D eigenvalue weighted by molar-refractivity contribution is 7.52. The molecule has 8 heteroatoms. The van der Waals surface area contributed by atoms with E-state index in [4.69, 9.17) is 14.0 Å². The minimum absolute atomic E-state index is 0.0731. The zero-order valence-electron chi connectivity index (χ0n) is 22.7. The molecule has 0 aliphatic heterocycles. The molecule has 0 aromatic heterocycles. The Morgan fingerprint density at radius 3 is 1.79 bits per heavy atom. The molecule has 2 unspecified atom stereocenters. The van der Waals surface area contributed by atoms with Crippen molar-refractivity contribution in [3.8, 4) is 0 Å². The van der Waals surface area contributed by atoms with Gasteiger partial charge in [-0.25, -0.2) is 0 Å². The summed E-state index contributed by atoms with van der Waals surface area (Å²) in [4.78, 5) is 22.7. The summed E-state index contributed by atoms with van der Waals surface area (Å²) in [6.45, 7) is 5.17. The van der Waals surface area contributed by atoms with Crippen molar-refractivity contribution in [2.45, 2.75) is 116 Å². The predicted octanol–water partition coefficient (Wildman–Crippen LogP) is 5.15. The van der Waals surface area contributed by atoms with Crippen LogP contribution in [0.25, 0.3) is 0 Å². The molecule has 0 radical (unpaired) electrons. The molecular weight excluding hydrogens is 453 g/mol. The second kappa shape index (κ2) is 23.0. The van der Waals surface area contributed by atoms with Crippen molar-refractivity contribution in [2.24, 2.45) is 0 Å². The fraction of sp³-hybridized carbons (Fsp3) is 0.962. The van der Waals surface area contributed by atoms with Gasteiger partial charge >= 0.3 is 13.6 Å². The molecule has 0 aliphatic rings. The summed E-state index contributed by atoms with van der Waals surface area (Å²) in [6, 6.07) is 0. The Hall–Kier alpha value is -0.460. The van der Waals surface area contributed by atoms with Crippen LogP contribution in [0.15, 0.2) is 0 Å². The van der Waals surface area contributed by atoms with Crippen molar-refractivity contribution in [1.82, 2.24) is 0 Å². The first-order valence-electron chi connectivity index (χ1n) is 13.8. The highest BCUT2D eigenvalue weighted by atomic mass is 31.2. The zero-order valence-corrected chi connectivity index (χ0v) is 23.5. The lowest BCUT2D eigenvalue weighted by Crippen LogP contribution is -3.06. The number of carbonyl (C=O) groups excluding carboxylic acids is 1. The van der Waals surface area contributed by atoms with Crippen LogP contribution in [0, 0.1) is 0 Å². The second-order valence-electron chi connectivity index (χ2n) is 9.75. The summed E-state index contributed by atoms with van der Waals surface area (Å²) in [7, 11) is 0.131. The van der Waals surface area contributed by atoms with Gasteiger partial charge in [-0.1, -0.05) is 97.3 Å². The SMILES string of the molecule is CCCCCCCCCCCCCCCCOCC(COP(=O)(O)CC[NH+](C)C)OC(=O)CC. The van der Waals surface area contributed by atoms with E-state index in [0.29, 0.717) is 13.2 Å². The fourth-order valence-corrected chi connectivity index (χ4v) is 4.89. The molecule has 0 aliphatic carbocycles. The average Bonchev–Trinajstić information content (AvgIpc) is 2.80. The lowest BCUT2D eigenvalue weighted by Gasteiger charge is -2.20. The van der Waals surface area contributed by atoms with Gasteiger partial charge in [0.05, 0.1) is 40.0 Å². The van der Waals surface area contributed by atoms with E-state index < -0.39 is 13.7 Å². The van der Waals surface area contributed by atoms with Crippen LogP contribution in [0.1, 0.15) is 110 Å². The fourth-order valence-electron chi connectivity index (χ4n) is 3.63.